The number of nitrogens with zero attached hydrogens (tertiary/aromatic N) is 2. The van der Waals surface area contributed by atoms with Crippen LogP contribution >= 0.6 is 11.3 Å². The van der Waals surface area contributed by atoms with Gasteiger partial charge in [-0.2, -0.15) is 0 Å². The lowest BCUT2D eigenvalue weighted by molar-refractivity contribution is -0.152. The molecule has 10 nitrogen and oxygen atoms in total. The second kappa shape index (κ2) is 16.4. The predicted molar refractivity (Wildman–Crippen MR) is 175 cm³/mol. The zero-order valence-corrected chi connectivity index (χ0v) is 28.7. The zero-order valence-electron chi connectivity index (χ0n) is 27.1. The van der Waals surface area contributed by atoms with Crippen LogP contribution in [0.1, 0.15) is 80.1 Å². The van der Waals surface area contributed by atoms with Crippen molar-refractivity contribution in [2.24, 2.45) is 5.92 Å². The highest BCUT2D eigenvalue weighted by Gasteiger charge is 2.35. The Bertz CT molecular complexity index is 1450. The lowest BCUT2D eigenvalue weighted by Crippen LogP contribution is -2.32. The Morgan fingerprint density at radius 3 is 1.98 bits per heavy atom. The molecular weight excluding hydrogens is 603 g/mol. The smallest absolute Gasteiger partial charge is 0.308 e. The van der Waals surface area contributed by atoms with E-state index < -0.39 is 10.0 Å². The fourth-order valence-corrected chi connectivity index (χ4v) is 6.67. The van der Waals surface area contributed by atoms with Crippen LogP contribution in [0.25, 0.3) is 21.6 Å². The molecule has 44 heavy (non-hydrogen) atoms. The number of fused-ring (bicyclic) bond motifs is 1. The molecule has 0 spiro atoms. The summed E-state index contributed by atoms with van der Waals surface area (Å²) in [7, 11) is 0.268. The Kier molecular flexibility index (Phi) is 13.2. The summed E-state index contributed by atoms with van der Waals surface area (Å²) in [5.74, 6) is 1.76. The third-order valence-electron chi connectivity index (χ3n) is 6.66. The predicted octanol–water partition coefficient (Wildman–Crippen LogP) is 6.77. The van der Waals surface area contributed by atoms with Crippen LogP contribution in [0.5, 0.6) is 17.4 Å². The number of rotatable bonds is 10. The maximum absolute atomic E-state index is 11.1. The van der Waals surface area contributed by atoms with Crippen molar-refractivity contribution in [1.82, 2.24) is 14.7 Å². The van der Waals surface area contributed by atoms with Gasteiger partial charge in [-0.15, -0.1) is 11.3 Å². The SMILES string of the molecule is CC(C)C(=O)OC1CCCC1.CC(C)NS(=O)(=O)C1CC1.COc1cc2nc(OC(C)C)c(-c3cccs3)nc2cc1OC. The molecule has 1 aromatic carbocycles. The summed E-state index contributed by atoms with van der Waals surface area (Å²) in [5.41, 5.74) is 2.19. The van der Waals surface area contributed by atoms with Gasteiger partial charge in [-0.05, 0) is 77.7 Å². The number of sulfonamides is 1. The molecule has 0 atom stereocenters. The van der Waals surface area contributed by atoms with Crippen molar-refractivity contribution in [2.45, 2.75) is 104 Å². The molecule has 0 bridgehead atoms. The third kappa shape index (κ3) is 10.6. The van der Waals surface area contributed by atoms with Gasteiger partial charge in [-0.1, -0.05) is 19.9 Å². The highest BCUT2D eigenvalue weighted by atomic mass is 32.2. The van der Waals surface area contributed by atoms with Crippen LogP contribution in [0, 0.1) is 5.92 Å². The fourth-order valence-electron chi connectivity index (χ4n) is 4.36. The van der Waals surface area contributed by atoms with Gasteiger partial charge >= 0.3 is 5.97 Å². The summed E-state index contributed by atoms with van der Waals surface area (Å²) in [6.07, 6.45) is 6.48. The van der Waals surface area contributed by atoms with Crippen molar-refractivity contribution in [3.8, 4) is 28.0 Å². The molecule has 12 heteroatoms. The van der Waals surface area contributed by atoms with Crippen molar-refractivity contribution in [3.05, 3.63) is 29.6 Å². The van der Waals surface area contributed by atoms with Gasteiger partial charge in [-0.3, -0.25) is 4.79 Å². The van der Waals surface area contributed by atoms with E-state index in [-0.39, 0.29) is 35.4 Å². The molecule has 2 aliphatic carbocycles. The summed E-state index contributed by atoms with van der Waals surface area (Å²) >= 11 is 1.60. The first-order valence-corrected chi connectivity index (χ1v) is 17.6. The first kappa shape index (κ1) is 35.5. The number of nitrogens with one attached hydrogen (secondary N) is 1. The van der Waals surface area contributed by atoms with Crippen molar-refractivity contribution >= 4 is 38.4 Å². The van der Waals surface area contributed by atoms with Crippen LogP contribution < -0.4 is 18.9 Å². The molecule has 2 aromatic heterocycles. The van der Waals surface area contributed by atoms with E-state index in [1.807, 2.05) is 71.2 Å². The van der Waals surface area contributed by atoms with E-state index in [2.05, 4.69) is 9.71 Å². The second-order valence-electron chi connectivity index (χ2n) is 11.7. The molecule has 3 aromatic rings. The first-order chi connectivity index (χ1) is 20.8. The summed E-state index contributed by atoms with van der Waals surface area (Å²) in [6, 6.07) is 7.67. The maximum atomic E-state index is 11.1. The molecule has 2 saturated carbocycles. The van der Waals surface area contributed by atoms with Crippen LogP contribution in [0.4, 0.5) is 0 Å². The van der Waals surface area contributed by atoms with Gasteiger partial charge in [0.05, 0.1) is 47.4 Å². The standard InChI is InChI=1S/C17H18N2O3S.C9H16O2.C6H13NO2S/c1-10(2)22-17-16(15-6-5-7-23-15)18-11-8-13(20-3)14(21-4)9-12(11)19-17;1-7(2)9(10)11-8-5-3-4-6-8;1-5(2)7-10(8,9)6-3-4-6/h5-10H,1-4H3;7-8H,3-6H2,1-2H3;5-7H,3-4H2,1-2H3. The number of carbonyl (C=O) groups excluding carboxylic acids is 1. The molecule has 2 heterocycles. The number of esters is 1. The van der Waals surface area contributed by atoms with Gasteiger partial charge in [0.1, 0.15) is 11.8 Å². The maximum Gasteiger partial charge on any atom is 0.308 e. The van der Waals surface area contributed by atoms with E-state index in [1.165, 1.54) is 12.8 Å². The van der Waals surface area contributed by atoms with E-state index in [1.54, 1.807) is 25.6 Å². The number of ether oxygens (including phenoxy) is 4. The minimum atomic E-state index is -2.94. The number of thiophene rings is 1. The molecule has 0 amide bonds. The molecule has 1 N–H and O–H groups in total. The molecular formula is C32H47N3O7S2. The zero-order chi connectivity index (χ0) is 32.4. The van der Waals surface area contributed by atoms with Crippen molar-refractivity contribution in [3.63, 3.8) is 0 Å². The summed E-state index contributed by atoms with van der Waals surface area (Å²) < 4.78 is 46.5. The quantitative estimate of drug-likeness (QED) is 0.237. The second-order valence-corrected chi connectivity index (χ2v) is 14.7. The topological polar surface area (TPSA) is 126 Å². The Hall–Kier alpha value is -2.96. The van der Waals surface area contributed by atoms with Gasteiger partial charge in [0, 0.05) is 18.2 Å². The van der Waals surface area contributed by atoms with Crippen LogP contribution in [0.2, 0.25) is 0 Å². The Labute approximate surface area is 265 Å². The molecule has 5 rings (SSSR count). The Morgan fingerprint density at radius 2 is 1.52 bits per heavy atom. The van der Waals surface area contributed by atoms with Crippen molar-refractivity contribution < 1.29 is 32.2 Å². The molecule has 0 unspecified atom stereocenters. The normalized spacial score (nSPS) is 15.1. The van der Waals surface area contributed by atoms with Crippen LogP contribution in [0.15, 0.2) is 29.6 Å². The van der Waals surface area contributed by atoms with Crippen molar-refractivity contribution in [1.29, 1.82) is 0 Å². The number of methoxy groups -OCH3 is 2. The average molecular weight is 650 g/mol. The monoisotopic (exact) mass is 649 g/mol. The van der Waals surface area contributed by atoms with E-state index >= 15 is 0 Å². The van der Waals surface area contributed by atoms with E-state index in [0.717, 1.165) is 41.8 Å². The van der Waals surface area contributed by atoms with Crippen molar-refractivity contribution in [2.75, 3.05) is 14.2 Å². The van der Waals surface area contributed by atoms with Gasteiger partial charge in [0.2, 0.25) is 15.9 Å². The highest BCUT2D eigenvalue weighted by molar-refractivity contribution is 7.90. The van der Waals surface area contributed by atoms with Gasteiger partial charge in [0.15, 0.2) is 11.5 Å². The van der Waals surface area contributed by atoms with Gasteiger partial charge in [-0.25, -0.2) is 23.1 Å². The first-order valence-electron chi connectivity index (χ1n) is 15.2. The average Bonchev–Trinajstić information content (AvgIpc) is 3.46. The Morgan fingerprint density at radius 1 is 0.932 bits per heavy atom. The fraction of sp³-hybridized carbons (Fsp3) is 0.594. The number of hydrogen-bond donors (Lipinski definition) is 1. The largest absolute Gasteiger partial charge is 0.493 e. The van der Waals surface area contributed by atoms with Gasteiger partial charge in [0.25, 0.3) is 0 Å². The molecule has 2 fully saturated rings. The van der Waals surface area contributed by atoms with E-state index in [9.17, 15) is 13.2 Å². The van der Waals surface area contributed by atoms with E-state index in [4.69, 9.17) is 23.9 Å². The van der Waals surface area contributed by atoms with Crippen LogP contribution in [-0.2, 0) is 19.6 Å². The number of hydrogen-bond acceptors (Lipinski definition) is 10. The lowest BCUT2D eigenvalue weighted by Gasteiger charge is -2.14. The summed E-state index contributed by atoms with van der Waals surface area (Å²) in [5, 5.41) is 1.92. The Balaban J connectivity index is 0.000000209. The minimum absolute atomic E-state index is 0.0145. The number of carbonyl (C=O) groups is 1. The third-order valence-corrected chi connectivity index (χ3v) is 9.68. The summed E-state index contributed by atoms with van der Waals surface area (Å²) in [6.45, 7) is 11.4. The van der Waals surface area contributed by atoms with Gasteiger partial charge < -0.3 is 18.9 Å². The molecule has 0 aliphatic heterocycles. The molecule has 0 saturated heterocycles. The summed E-state index contributed by atoms with van der Waals surface area (Å²) in [4.78, 5) is 21.5. The number of aromatic nitrogens is 2. The van der Waals surface area contributed by atoms with Crippen LogP contribution in [-0.4, -0.2) is 62.1 Å². The minimum Gasteiger partial charge on any atom is -0.493 e. The number of benzene rings is 1. The van der Waals surface area contributed by atoms with E-state index in [0.29, 0.717) is 22.9 Å². The molecule has 244 valence electrons. The highest BCUT2D eigenvalue weighted by Crippen LogP contribution is 2.36. The lowest BCUT2D eigenvalue weighted by atomic mass is 10.2. The molecule has 0 radical (unpaired) electrons. The molecule has 2 aliphatic rings. The van der Waals surface area contributed by atoms with Crippen LogP contribution in [0.3, 0.4) is 0 Å².